The first-order valence-electron chi connectivity index (χ1n) is 8.30. The SMILES string of the molecule is CC1=C[SH](CSc2ccc(OCC(=O)O)c(C)c2)C(c2ccc(Br)cc2)=N1. The predicted octanol–water partition coefficient (Wildman–Crippen LogP) is 5.59. The van der Waals surface area contributed by atoms with Crippen LogP contribution in [-0.4, -0.2) is 27.8 Å². The normalized spacial score (nSPS) is 17.4. The highest BCUT2D eigenvalue weighted by Gasteiger charge is 2.18. The Balaban J connectivity index is 1.66. The zero-order valence-electron chi connectivity index (χ0n) is 15.0. The maximum atomic E-state index is 10.6. The summed E-state index contributed by atoms with van der Waals surface area (Å²) in [4.78, 5) is 16.5. The van der Waals surface area contributed by atoms with Gasteiger partial charge in [-0.3, -0.25) is 0 Å². The molecule has 1 aliphatic rings. The number of halogens is 1. The van der Waals surface area contributed by atoms with Crippen LogP contribution < -0.4 is 4.74 Å². The van der Waals surface area contributed by atoms with Crippen LogP contribution in [0.3, 0.4) is 0 Å². The van der Waals surface area contributed by atoms with E-state index in [4.69, 9.17) is 14.8 Å². The third kappa shape index (κ3) is 5.40. The molecule has 2 aromatic rings. The van der Waals surface area contributed by atoms with Gasteiger partial charge in [-0.05, 0) is 55.2 Å². The maximum Gasteiger partial charge on any atom is 0.341 e. The van der Waals surface area contributed by atoms with E-state index in [9.17, 15) is 4.79 Å². The summed E-state index contributed by atoms with van der Waals surface area (Å²) < 4.78 is 6.36. The molecule has 27 heavy (non-hydrogen) atoms. The van der Waals surface area contributed by atoms with Gasteiger partial charge in [-0.1, -0.05) is 28.1 Å². The average Bonchev–Trinajstić information content (AvgIpc) is 3.00. The number of thioether (sulfide) groups is 1. The summed E-state index contributed by atoms with van der Waals surface area (Å²) in [5.41, 5.74) is 3.19. The first kappa shape index (κ1) is 20.0. The zero-order valence-corrected chi connectivity index (χ0v) is 18.3. The van der Waals surface area contributed by atoms with Crippen LogP contribution in [0.25, 0.3) is 0 Å². The molecular weight excluding hydrogens is 446 g/mol. The summed E-state index contributed by atoms with van der Waals surface area (Å²) >= 11 is 5.27. The molecule has 0 radical (unpaired) electrons. The van der Waals surface area contributed by atoms with Gasteiger partial charge in [0.25, 0.3) is 0 Å². The number of hydrogen-bond donors (Lipinski definition) is 2. The molecule has 142 valence electrons. The van der Waals surface area contributed by atoms with Crippen molar-refractivity contribution in [3.05, 3.63) is 69.2 Å². The molecule has 3 rings (SSSR count). The molecule has 1 N–H and O–H groups in total. The first-order chi connectivity index (χ1) is 12.9. The Bertz CT molecular complexity index is 910. The molecule has 0 bridgehead atoms. The zero-order chi connectivity index (χ0) is 19.4. The number of nitrogens with zero attached hydrogens (tertiary/aromatic N) is 1. The highest BCUT2D eigenvalue weighted by atomic mass is 79.9. The second kappa shape index (κ2) is 8.99. The fraction of sp³-hybridized carbons (Fsp3) is 0.200. The molecule has 1 aliphatic heterocycles. The van der Waals surface area contributed by atoms with Crippen molar-refractivity contribution in [2.24, 2.45) is 4.99 Å². The number of rotatable bonds is 7. The minimum absolute atomic E-state index is 0.324. The van der Waals surface area contributed by atoms with Gasteiger partial charge in [-0.2, -0.15) is 10.9 Å². The fourth-order valence-electron chi connectivity index (χ4n) is 2.63. The van der Waals surface area contributed by atoms with Gasteiger partial charge in [-0.25, -0.2) is 9.79 Å². The van der Waals surface area contributed by atoms with Gasteiger partial charge in [0.05, 0.1) is 5.04 Å². The van der Waals surface area contributed by atoms with Gasteiger partial charge in [-0.15, -0.1) is 11.8 Å². The van der Waals surface area contributed by atoms with E-state index in [1.807, 2.05) is 44.2 Å². The van der Waals surface area contributed by atoms with E-state index in [2.05, 4.69) is 33.5 Å². The van der Waals surface area contributed by atoms with Gasteiger partial charge in [0, 0.05) is 25.7 Å². The minimum atomic E-state index is -0.973. The summed E-state index contributed by atoms with van der Waals surface area (Å²) in [6, 6.07) is 14.2. The van der Waals surface area contributed by atoms with Gasteiger partial charge in [0.2, 0.25) is 0 Å². The van der Waals surface area contributed by atoms with Crippen LogP contribution >= 0.6 is 38.6 Å². The number of carboxylic acid groups (broad SMARTS) is 1. The third-order valence-electron chi connectivity index (χ3n) is 3.87. The van der Waals surface area contributed by atoms with Crippen molar-refractivity contribution < 1.29 is 14.6 Å². The molecule has 0 spiro atoms. The Labute approximate surface area is 174 Å². The monoisotopic (exact) mass is 465 g/mol. The molecule has 0 saturated heterocycles. The lowest BCUT2D eigenvalue weighted by Crippen LogP contribution is -2.10. The summed E-state index contributed by atoms with van der Waals surface area (Å²) in [7, 11) is -0.463. The largest absolute Gasteiger partial charge is 0.482 e. The second-order valence-electron chi connectivity index (χ2n) is 6.07. The molecule has 0 aliphatic carbocycles. The maximum absolute atomic E-state index is 10.6. The number of aliphatic imine (C=N–C) groups is 1. The van der Waals surface area contributed by atoms with E-state index < -0.39 is 16.9 Å². The highest BCUT2D eigenvalue weighted by Crippen LogP contribution is 2.44. The Hall–Kier alpha value is -1.70. The van der Waals surface area contributed by atoms with Gasteiger partial charge < -0.3 is 9.84 Å². The third-order valence-corrected chi connectivity index (χ3v) is 8.20. The number of aliphatic carboxylic acids is 1. The van der Waals surface area contributed by atoms with Gasteiger partial charge in [0.1, 0.15) is 5.75 Å². The summed E-state index contributed by atoms with van der Waals surface area (Å²) in [6.07, 6.45) is 0. The second-order valence-corrected chi connectivity index (χ2v) is 10.4. The number of aryl methyl sites for hydroxylation is 1. The summed E-state index contributed by atoms with van der Waals surface area (Å²) in [5, 5.41) is 13.1. The predicted molar refractivity (Wildman–Crippen MR) is 118 cm³/mol. The van der Waals surface area contributed by atoms with Crippen molar-refractivity contribution in [1.82, 2.24) is 0 Å². The Morgan fingerprint density at radius 2 is 1.96 bits per heavy atom. The number of ether oxygens (including phenoxy) is 1. The Kier molecular flexibility index (Phi) is 6.68. The quantitative estimate of drug-likeness (QED) is 0.413. The standard InChI is InChI=1S/C20H20BrNO3S2/c1-13-9-17(7-8-18(13)25-10-19(23)24)26-12-27-11-14(2)22-20(27)15-3-5-16(21)6-4-15/h3-9,11,27H,10,12H2,1-2H3,(H,23,24). The fourth-order valence-corrected chi connectivity index (χ4v) is 6.66. The van der Waals surface area contributed by atoms with Gasteiger partial charge in [0.15, 0.2) is 6.61 Å². The molecule has 7 heteroatoms. The molecule has 0 fully saturated rings. The van der Waals surface area contributed by atoms with Gasteiger partial charge >= 0.3 is 5.97 Å². The van der Waals surface area contributed by atoms with Crippen molar-refractivity contribution in [1.29, 1.82) is 0 Å². The van der Waals surface area contributed by atoms with Crippen LogP contribution in [0.1, 0.15) is 18.1 Å². The average molecular weight is 466 g/mol. The van der Waals surface area contributed by atoms with Crippen molar-refractivity contribution in [3.8, 4) is 5.75 Å². The molecule has 0 saturated carbocycles. The number of hydrogen-bond acceptors (Lipinski definition) is 4. The number of thiol groups is 1. The van der Waals surface area contributed by atoms with Crippen LogP contribution in [0.2, 0.25) is 0 Å². The molecule has 2 aromatic carbocycles. The first-order valence-corrected chi connectivity index (χ1v) is 11.7. The molecular formula is C20H20BrNO3S2. The topological polar surface area (TPSA) is 58.9 Å². The number of benzene rings is 2. The number of carboxylic acids is 1. The lowest BCUT2D eigenvalue weighted by atomic mass is 10.2. The van der Waals surface area contributed by atoms with Crippen LogP contribution in [-0.2, 0) is 4.79 Å². The summed E-state index contributed by atoms with van der Waals surface area (Å²) in [6.45, 7) is 3.65. The van der Waals surface area contributed by atoms with Crippen molar-refractivity contribution in [2.45, 2.75) is 18.7 Å². The Morgan fingerprint density at radius 1 is 1.22 bits per heavy atom. The van der Waals surface area contributed by atoms with Crippen molar-refractivity contribution >= 4 is 49.6 Å². The van der Waals surface area contributed by atoms with Crippen LogP contribution in [0.5, 0.6) is 5.75 Å². The lowest BCUT2D eigenvalue weighted by Gasteiger charge is -2.16. The molecule has 1 heterocycles. The van der Waals surface area contributed by atoms with E-state index in [0.717, 1.165) is 25.7 Å². The molecule has 0 amide bonds. The minimum Gasteiger partial charge on any atom is -0.482 e. The molecule has 1 unspecified atom stereocenters. The summed E-state index contributed by atoms with van der Waals surface area (Å²) in [5.74, 6) is -0.361. The smallest absolute Gasteiger partial charge is 0.341 e. The number of carbonyl (C=O) groups is 1. The van der Waals surface area contributed by atoms with Crippen LogP contribution in [0.15, 0.2) is 67.9 Å². The highest BCUT2D eigenvalue weighted by molar-refractivity contribution is 9.10. The number of allylic oxidation sites excluding steroid dienone is 1. The molecule has 1 atom stereocenters. The lowest BCUT2D eigenvalue weighted by molar-refractivity contribution is -0.139. The van der Waals surface area contributed by atoms with Crippen molar-refractivity contribution in [3.63, 3.8) is 0 Å². The van der Waals surface area contributed by atoms with Crippen LogP contribution in [0, 0.1) is 6.92 Å². The van der Waals surface area contributed by atoms with E-state index in [1.54, 1.807) is 11.8 Å². The van der Waals surface area contributed by atoms with E-state index >= 15 is 0 Å². The van der Waals surface area contributed by atoms with E-state index in [-0.39, 0.29) is 6.61 Å². The molecule has 4 nitrogen and oxygen atoms in total. The molecule has 0 aromatic heterocycles. The van der Waals surface area contributed by atoms with Crippen molar-refractivity contribution in [2.75, 3.05) is 11.7 Å². The van der Waals surface area contributed by atoms with E-state index in [1.165, 1.54) is 10.6 Å². The van der Waals surface area contributed by atoms with E-state index in [0.29, 0.717) is 5.75 Å². The Morgan fingerprint density at radius 3 is 2.63 bits per heavy atom. The van der Waals surface area contributed by atoms with Crippen LogP contribution in [0.4, 0.5) is 0 Å².